The van der Waals surface area contributed by atoms with E-state index >= 15 is 0 Å². The molecule has 4 rings (SSSR count). The van der Waals surface area contributed by atoms with E-state index < -0.39 is 0 Å². The van der Waals surface area contributed by atoms with E-state index in [0.29, 0.717) is 6.54 Å². The van der Waals surface area contributed by atoms with Crippen molar-refractivity contribution in [2.45, 2.75) is 13.0 Å². The number of nitriles is 1. The molecule has 1 aromatic carbocycles. The Balaban J connectivity index is 1.68. The van der Waals surface area contributed by atoms with Crippen LogP contribution in [0.25, 0.3) is 32.0 Å². The van der Waals surface area contributed by atoms with Crippen LogP contribution in [0.4, 0.5) is 0 Å². The highest BCUT2D eigenvalue weighted by atomic mass is 32.1. The molecule has 0 unspecified atom stereocenters. The highest BCUT2D eigenvalue weighted by molar-refractivity contribution is 7.21. The summed E-state index contributed by atoms with van der Waals surface area (Å²) in [7, 11) is 1.94. The van der Waals surface area contributed by atoms with Gasteiger partial charge >= 0.3 is 0 Å². The third-order valence-corrected chi connectivity index (χ3v) is 5.02. The smallest absolute Gasteiger partial charge is 0.234 e. The van der Waals surface area contributed by atoms with Crippen LogP contribution in [0.3, 0.4) is 0 Å². The summed E-state index contributed by atoms with van der Waals surface area (Å²) in [6.07, 6.45) is 3.39. The van der Waals surface area contributed by atoms with Gasteiger partial charge in [0.05, 0.1) is 24.1 Å². The number of hydrogen-bond acceptors (Lipinski definition) is 6. The Hall–Kier alpha value is -3.31. The molecule has 0 fully saturated rings. The van der Waals surface area contributed by atoms with Gasteiger partial charge in [-0.1, -0.05) is 29.5 Å². The van der Waals surface area contributed by atoms with Gasteiger partial charge in [-0.05, 0) is 11.6 Å². The molecule has 7 nitrogen and oxygen atoms in total. The SMILES string of the molecule is Cn1cnc2cnc3sc(-c4cccc(CNC(=O)CC#N)c4)nc3c21. The van der Waals surface area contributed by atoms with Crippen molar-refractivity contribution < 1.29 is 4.79 Å². The number of hydrogen-bond donors (Lipinski definition) is 1. The van der Waals surface area contributed by atoms with E-state index in [9.17, 15) is 4.79 Å². The van der Waals surface area contributed by atoms with Crippen LogP contribution in [0.5, 0.6) is 0 Å². The summed E-state index contributed by atoms with van der Waals surface area (Å²) in [5.74, 6) is -0.277. The van der Waals surface area contributed by atoms with Crippen LogP contribution in [0, 0.1) is 11.3 Å². The first kappa shape index (κ1) is 16.2. The fourth-order valence-electron chi connectivity index (χ4n) is 2.78. The number of thiazole rings is 1. The lowest BCUT2D eigenvalue weighted by Crippen LogP contribution is -2.21. The maximum absolute atomic E-state index is 11.5. The minimum Gasteiger partial charge on any atom is -0.351 e. The summed E-state index contributed by atoms with van der Waals surface area (Å²) in [5, 5.41) is 12.1. The molecule has 0 bridgehead atoms. The third kappa shape index (κ3) is 2.89. The normalized spacial score (nSPS) is 10.9. The monoisotopic (exact) mass is 362 g/mol. The predicted octanol–water partition coefficient (Wildman–Crippen LogP) is 2.77. The first-order valence-electron chi connectivity index (χ1n) is 7.95. The molecule has 26 heavy (non-hydrogen) atoms. The van der Waals surface area contributed by atoms with E-state index in [0.717, 1.165) is 37.5 Å². The van der Waals surface area contributed by atoms with Crippen molar-refractivity contribution >= 4 is 38.6 Å². The third-order valence-electron chi connectivity index (χ3n) is 4.01. The van der Waals surface area contributed by atoms with Gasteiger partial charge in [0.25, 0.3) is 0 Å². The number of benzene rings is 1. The van der Waals surface area contributed by atoms with Gasteiger partial charge in [0.1, 0.15) is 27.3 Å². The quantitative estimate of drug-likeness (QED) is 0.602. The van der Waals surface area contributed by atoms with Crippen molar-refractivity contribution in [2.24, 2.45) is 7.05 Å². The lowest BCUT2D eigenvalue weighted by atomic mass is 10.1. The summed E-state index contributed by atoms with van der Waals surface area (Å²) in [4.78, 5) is 25.9. The molecule has 0 spiro atoms. The summed E-state index contributed by atoms with van der Waals surface area (Å²) < 4.78 is 1.95. The fourth-order valence-corrected chi connectivity index (χ4v) is 3.69. The van der Waals surface area contributed by atoms with Crippen LogP contribution in [0.15, 0.2) is 36.8 Å². The van der Waals surface area contributed by atoms with Gasteiger partial charge in [-0.2, -0.15) is 5.26 Å². The lowest BCUT2D eigenvalue weighted by Gasteiger charge is -2.04. The maximum Gasteiger partial charge on any atom is 0.234 e. The van der Waals surface area contributed by atoms with Crippen molar-refractivity contribution in [3.8, 4) is 16.6 Å². The van der Waals surface area contributed by atoms with E-state index in [1.165, 1.54) is 11.3 Å². The van der Waals surface area contributed by atoms with Crippen LogP contribution in [-0.2, 0) is 18.4 Å². The number of carbonyl (C=O) groups excluding carboxylic acids is 1. The Labute approximate surface area is 152 Å². The number of pyridine rings is 1. The van der Waals surface area contributed by atoms with Crippen molar-refractivity contribution in [3.63, 3.8) is 0 Å². The van der Waals surface area contributed by atoms with Gasteiger partial charge in [0.15, 0.2) is 0 Å². The molecule has 8 heteroatoms. The molecule has 4 aromatic rings. The number of fused-ring (bicyclic) bond motifs is 3. The molecule has 0 saturated heterocycles. The number of nitrogens with one attached hydrogen (secondary N) is 1. The number of imidazole rings is 1. The molecule has 0 radical (unpaired) electrons. The molecule has 0 saturated carbocycles. The van der Waals surface area contributed by atoms with Gasteiger partial charge in [0.2, 0.25) is 5.91 Å². The second-order valence-corrected chi connectivity index (χ2v) is 6.81. The predicted molar refractivity (Wildman–Crippen MR) is 99.2 cm³/mol. The molecule has 0 aliphatic carbocycles. The lowest BCUT2D eigenvalue weighted by molar-refractivity contribution is -0.120. The average molecular weight is 362 g/mol. The second kappa shape index (κ2) is 6.54. The van der Waals surface area contributed by atoms with Crippen molar-refractivity contribution in [2.75, 3.05) is 0 Å². The molecular weight excluding hydrogens is 348 g/mol. The van der Waals surface area contributed by atoms with Crippen LogP contribution in [0.1, 0.15) is 12.0 Å². The molecule has 3 heterocycles. The van der Waals surface area contributed by atoms with Crippen LogP contribution in [0.2, 0.25) is 0 Å². The van der Waals surface area contributed by atoms with Crippen molar-refractivity contribution in [3.05, 3.63) is 42.4 Å². The number of aryl methyl sites for hydroxylation is 1. The summed E-state index contributed by atoms with van der Waals surface area (Å²) in [6.45, 7) is 0.378. The number of carbonyl (C=O) groups is 1. The average Bonchev–Trinajstić information content (AvgIpc) is 3.24. The standard InChI is InChI=1S/C18H14N6OS/c1-24-10-22-13-9-21-18-15(16(13)24)23-17(26-18)12-4-2-3-11(7-12)8-20-14(25)5-6-19/h2-4,7,9-10H,5,8H2,1H3,(H,20,25). The zero-order valence-corrected chi connectivity index (χ0v) is 14.7. The van der Waals surface area contributed by atoms with Crippen LogP contribution in [-0.4, -0.2) is 25.4 Å². The molecular formula is C18H14N6OS. The Bertz CT molecular complexity index is 1170. The van der Waals surface area contributed by atoms with Crippen LogP contribution < -0.4 is 5.32 Å². The van der Waals surface area contributed by atoms with Gasteiger partial charge < -0.3 is 9.88 Å². The Kier molecular flexibility index (Phi) is 4.07. The molecule has 1 N–H and O–H groups in total. The van der Waals surface area contributed by atoms with Crippen molar-refractivity contribution in [1.29, 1.82) is 5.26 Å². The summed E-state index contributed by atoms with van der Waals surface area (Å²) in [5.41, 5.74) is 4.56. The fraction of sp³-hybridized carbons (Fsp3) is 0.167. The number of rotatable bonds is 4. The molecule has 3 aromatic heterocycles. The topological polar surface area (TPSA) is 96.5 Å². The molecule has 128 valence electrons. The minimum atomic E-state index is -0.277. The molecule has 0 atom stereocenters. The van der Waals surface area contributed by atoms with Gasteiger partial charge in [-0.3, -0.25) is 4.79 Å². The van der Waals surface area contributed by atoms with Gasteiger partial charge in [0, 0.05) is 19.2 Å². The summed E-state index contributed by atoms with van der Waals surface area (Å²) in [6, 6.07) is 9.68. The number of amides is 1. The van der Waals surface area contributed by atoms with Crippen LogP contribution >= 0.6 is 11.3 Å². The van der Waals surface area contributed by atoms with E-state index in [-0.39, 0.29) is 12.3 Å². The Morgan fingerprint density at radius 3 is 3.12 bits per heavy atom. The minimum absolute atomic E-state index is 0.135. The number of aromatic nitrogens is 4. The van der Waals surface area contributed by atoms with E-state index in [2.05, 4.69) is 15.3 Å². The highest BCUT2D eigenvalue weighted by Crippen LogP contribution is 2.32. The van der Waals surface area contributed by atoms with Gasteiger partial charge in [-0.25, -0.2) is 15.0 Å². The molecule has 1 amide bonds. The summed E-state index contributed by atoms with van der Waals surface area (Å²) >= 11 is 1.52. The van der Waals surface area contributed by atoms with E-state index in [1.807, 2.05) is 41.9 Å². The first-order chi connectivity index (χ1) is 12.7. The Morgan fingerprint density at radius 1 is 1.38 bits per heavy atom. The largest absolute Gasteiger partial charge is 0.351 e. The number of nitrogens with zero attached hydrogens (tertiary/aromatic N) is 5. The zero-order valence-electron chi connectivity index (χ0n) is 13.9. The zero-order chi connectivity index (χ0) is 18.1. The second-order valence-electron chi connectivity index (χ2n) is 5.83. The molecule has 0 aliphatic heterocycles. The highest BCUT2D eigenvalue weighted by Gasteiger charge is 2.13. The maximum atomic E-state index is 11.5. The Morgan fingerprint density at radius 2 is 2.27 bits per heavy atom. The van der Waals surface area contributed by atoms with E-state index in [4.69, 9.17) is 10.2 Å². The first-order valence-corrected chi connectivity index (χ1v) is 8.77. The van der Waals surface area contributed by atoms with E-state index in [1.54, 1.807) is 12.5 Å². The van der Waals surface area contributed by atoms with Gasteiger partial charge in [-0.15, -0.1) is 0 Å². The molecule has 0 aliphatic rings. The van der Waals surface area contributed by atoms with Crippen molar-refractivity contribution in [1.82, 2.24) is 24.8 Å².